The van der Waals surface area contributed by atoms with Crippen molar-refractivity contribution in [2.24, 2.45) is 5.73 Å². The molecule has 35 heavy (non-hydrogen) atoms. The number of primary amides is 1. The highest BCUT2D eigenvalue weighted by molar-refractivity contribution is 6.01. The number of imide groups is 1. The fourth-order valence-corrected chi connectivity index (χ4v) is 3.00. The van der Waals surface area contributed by atoms with E-state index in [1.807, 2.05) is 0 Å². The van der Waals surface area contributed by atoms with Crippen molar-refractivity contribution < 1.29 is 28.2 Å². The van der Waals surface area contributed by atoms with Gasteiger partial charge in [0.05, 0.1) is 13.0 Å². The lowest BCUT2D eigenvalue weighted by molar-refractivity contribution is -0.119. The van der Waals surface area contributed by atoms with E-state index in [-0.39, 0.29) is 29.3 Å². The number of urea groups is 1. The van der Waals surface area contributed by atoms with Crippen molar-refractivity contribution in [3.05, 3.63) is 77.9 Å². The van der Waals surface area contributed by atoms with E-state index in [2.05, 4.69) is 22.5 Å². The zero-order valence-corrected chi connectivity index (χ0v) is 19.0. The maximum Gasteiger partial charge on any atom is 0.325 e. The number of hydrogen-bond donors (Lipinski definition) is 3. The summed E-state index contributed by atoms with van der Waals surface area (Å²) >= 11 is 0. The van der Waals surface area contributed by atoms with E-state index in [1.165, 1.54) is 30.5 Å². The number of halogens is 1. The number of nitrogens with two attached hydrogens (primary N) is 1. The quantitative estimate of drug-likeness (QED) is 0.373. The molecule has 1 heterocycles. The van der Waals surface area contributed by atoms with Crippen LogP contribution in [-0.2, 0) is 11.2 Å². The Labute approximate surface area is 201 Å². The van der Waals surface area contributed by atoms with Gasteiger partial charge in [-0.1, -0.05) is 25.5 Å². The standard InChI is InChI=1S/C25H25FN4O5/c1-2-3-11-34-18-6-4-5-16(12-18)13-23(31)30-25(33)29-17-7-8-22(20(26)14-17)35-19-9-10-28-21(15-19)24(27)32/h4-10,12,14-15H,2-3,11,13H2,1H3,(H2,27,32)(H2,29,30,31,33). The molecule has 10 heteroatoms. The molecule has 9 nitrogen and oxygen atoms in total. The Morgan fingerprint density at radius 1 is 1.06 bits per heavy atom. The highest BCUT2D eigenvalue weighted by atomic mass is 19.1. The van der Waals surface area contributed by atoms with Gasteiger partial charge in [-0.25, -0.2) is 9.18 Å². The summed E-state index contributed by atoms with van der Waals surface area (Å²) in [5, 5.41) is 4.60. The lowest BCUT2D eigenvalue weighted by Crippen LogP contribution is -2.35. The number of ether oxygens (including phenoxy) is 2. The van der Waals surface area contributed by atoms with Crippen LogP contribution in [0.3, 0.4) is 0 Å². The van der Waals surface area contributed by atoms with Crippen LogP contribution in [0.1, 0.15) is 35.8 Å². The monoisotopic (exact) mass is 480 g/mol. The molecular formula is C25H25FN4O5. The van der Waals surface area contributed by atoms with Crippen molar-refractivity contribution >= 4 is 23.5 Å². The minimum atomic E-state index is -0.807. The summed E-state index contributed by atoms with van der Waals surface area (Å²) in [4.78, 5) is 39.4. The van der Waals surface area contributed by atoms with E-state index in [9.17, 15) is 18.8 Å². The largest absolute Gasteiger partial charge is 0.494 e. The highest BCUT2D eigenvalue weighted by Crippen LogP contribution is 2.27. The molecule has 182 valence electrons. The third-order valence-electron chi connectivity index (χ3n) is 4.68. The van der Waals surface area contributed by atoms with E-state index in [0.29, 0.717) is 17.9 Å². The maximum absolute atomic E-state index is 14.5. The lowest BCUT2D eigenvalue weighted by Gasteiger charge is -2.11. The van der Waals surface area contributed by atoms with E-state index in [0.717, 1.165) is 18.9 Å². The molecule has 0 radical (unpaired) electrons. The number of rotatable bonds is 10. The fourth-order valence-electron chi connectivity index (χ4n) is 3.00. The number of carbonyl (C=O) groups is 3. The second-order valence-corrected chi connectivity index (χ2v) is 7.52. The Kier molecular flexibility index (Phi) is 8.71. The fraction of sp³-hybridized carbons (Fsp3) is 0.200. The number of aromatic nitrogens is 1. The molecule has 0 unspecified atom stereocenters. The number of amides is 4. The molecule has 0 saturated carbocycles. The topological polar surface area (TPSA) is 133 Å². The molecule has 2 aromatic carbocycles. The SMILES string of the molecule is CCCCOc1cccc(CC(=O)NC(=O)Nc2ccc(Oc3ccnc(C(N)=O)c3)c(F)c2)c1. The summed E-state index contributed by atoms with van der Waals surface area (Å²) in [6, 6.07) is 12.7. The van der Waals surface area contributed by atoms with Gasteiger partial charge in [0.15, 0.2) is 11.6 Å². The third kappa shape index (κ3) is 7.81. The zero-order chi connectivity index (χ0) is 25.2. The average Bonchev–Trinajstić information content (AvgIpc) is 2.81. The zero-order valence-electron chi connectivity index (χ0n) is 19.0. The predicted octanol–water partition coefficient (Wildman–Crippen LogP) is 4.18. The Morgan fingerprint density at radius 2 is 1.89 bits per heavy atom. The summed E-state index contributed by atoms with van der Waals surface area (Å²) in [6.45, 7) is 2.66. The van der Waals surface area contributed by atoms with Crippen LogP contribution in [0.15, 0.2) is 60.8 Å². The molecule has 3 aromatic rings. The smallest absolute Gasteiger partial charge is 0.325 e. The number of pyridine rings is 1. The van der Waals surface area contributed by atoms with E-state index >= 15 is 0 Å². The molecule has 0 fully saturated rings. The van der Waals surface area contributed by atoms with Crippen LogP contribution in [0.25, 0.3) is 0 Å². The van der Waals surface area contributed by atoms with Crippen LogP contribution in [-0.4, -0.2) is 29.4 Å². The molecule has 1 aromatic heterocycles. The Balaban J connectivity index is 1.54. The van der Waals surface area contributed by atoms with Gasteiger partial charge in [0, 0.05) is 24.0 Å². The van der Waals surface area contributed by atoms with Gasteiger partial charge in [-0.15, -0.1) is 0 Å². The average molecular weight is 480 g/mol. The molecule has 4 amide bonds. The molecule has 0 atom stereocenters. The normalized spacial score (nSPS) is 10.3. The highest BCUT2D eigenvalue weighted by Gasteiger charge is 2.13. The summed E-state index contributed by atoms with van der Waals surface area (Å²) in [5.74, 6) is -1.37. The number of nitrogens with one attached hydrogen (secondary N) is 2. The van der Waals surface area contributed by atoms with Crippen molar-refractivity contribution in [1.82, 2.24) is 10.3 Å². The molecule has 0 aliphatic rings. The number of hydrogen-bond acceptors (Lipinski definition) is 6. The second-order valence-electron chi connectivity index (χ2n) is 7.52. The first-order valence-electron chi connectivity index (χ1n) is 10.9. The Morgan fingerprint density at radius 3 is 2.63 bits per heavy atom. The summed E-state index contributed by atoms with van der Waals surface area (Å²) < 4.78 is 25.5. The van der Waals surface area contributed by atoms with E-state index in [1.54, 1.807) is 24.3 Å². The van der Waals surface area contributed by atoms with Gasteiger partial charge in [0.25, 0.3) is 5.91 Å². The summed E-state index contributed by atoms with van der Waals surface area (Å²) in [5.41, 5.74) is 5.94. The Hall–Kier alpha value is -4.47. The second kappa shape index (κ2) is 12.1. The van der Waals surface area contributed by atoms with Gasteiger partial charge in [0.2, 0.25) is 5.91 Å². The first-order valence-corrected chi connectivity index (χ1v) is 10.9. The van der Waals surface area contributed by atoms with E-state index < -0.39 is 23.7 Å². The van der Waals surface area contributed by atoms with Crippen LogP contribution in [0, 0.1) is 5.82 Å². The molecule has 0 aliphatic carbocycles. The van der Waals surface area contributed by atoms with Gasteiger partial charge < -0.3 is 20.5 Å². The third-order valence-corrected chi connectivity index (χ3v) is 4.68. The molecule has 0 aliphatic heterocycles. The lowest BCUT2D eigenvalue weighted by atomic mass is 10.1. The van der Waals surface area contributed by atoms with Gasteiger partial charge in [-0.2, -0.15) is 0 Å². The Bertz CT molecular complexity index is 1220. The van der Waals surface area contributed by atoms with Gasteiger partial charge >= 0.3 is 6.03 Å². The number of benzene rings is 2. The molecule has 0 saturated heterocycles. The van der Waals surface area contributed by atoms with Crippen LogP contribution in [0.2, 0.25) is 0 Å². The molecule has 3 rings (SSSR count). The van der Waals surface area contributed by atoms with Crippen molar-refractivity contribution in [2.45, 2.75) is 26.2 Å². The summed E-state index contributed by atoms with van der Waals surface area (Å²) in [7, 11) is 0. The van der Waals surface area contributed by atoms with Gasteiger partial charge in [-0.05, 0) is 42.3 Å². The van der Waals surface area contributed by atoms with Crippen molar-refractivity contribution in [3.8, 4) is 17.2 Å². The predicted molar refractivity (Wildman–Crippen MR) is 127 cm³/mol. The number of anilines is 1. The molecule has 0 bridgehead atoms. The number of nitrogens with zero attached hydrogens (tertiary/aromatic N) is 1. The minimum absolute atomic E-state index is 0.0290. The maximum atomic E-state index is 14.5. The first-order chi connectivity index (χ1) is 16.8. The summed E-state index contributed by atoms with van der Waals surface area (Å²) in [6.07, 6.45) is 3.22. The van der Waals surface area contributed by atoms with Crippen molar-refractivity contribution in [2.75, 3.05) is 11.9 Å². The molecule has 4 N–H and O–H groups in total. The number of unbranched alkanes of at least 4 members (excludes halogenated alkanes) is 1. The molecular weight excluding hydrogens is 455 g/mol. The van der Waals surface area contributed by atoms with Crippen LogP contribution < -0.4 is 25.8 Å². The van der Waals surface area contributed by atoms with Gasteiger partial charge in [0.1, 0.15) is 17.2 Å². The van der Waals surface area contributed by atoms with Crippen LogP contribution in [0.5, 0.6) is 17.2 Å². The van der Waals surface area contributed by atoms with Crippen LogP contribution >= 0.6 is 0 Å². The van der Waals surface area contributed by atoms with Crippen LogP contribution in [0.4, 0.5) is 14.9 Å². The number of carbonyl (C=O) groups excluding carboxylic acids is 3. The van der Waals surface area contributed by atoms with Gasteiger partial charge in [-0.3, -0.25) is 19.9 Å². The van der Waals surface area contributed by atoms with Crippen molar-refractivity contribution in [3.63, 3.8) is 0 Å². The minimum Gasteiger partial charge on any atom is -0.494 e. The van der Waals surface area contributed by atoms with E-state index in [4.69, 9.17) is 15.2 Å². The first kappa shape index (κ1) is 25.2. The van der Waals surface area contributed by atoms with Crippen molar-refractivity contribution in [1.29, 1.82) is 0 Å². The molecule has 0 spiro atoms.